The molecule has 0 bridgehead atoms. The minimum atomic E-state index is -0.243. The molecule has 2 N–H and O–H groups in total. The van der Waals surface area contributed by atoms with Crippen LogP contribution in [0.2, 0.25) is 5.02 Å². The zero-order valence-corrected chi connectivity index (χ0v) is 13.9. The molecule has 0 saturated carbocycles. The molecular weight excluding hydrogens is 317 g/mol. The average Bonchev–Trinajstić information content (AvgIpc) is 3.00. The van der Waals surface area contributed by atoms with Crippen molar-refractivity contribution in [1.29, 1.82) is 0 Å². The van der Waals surface area contributed by atoms with Gasteiger partial charge >= 0.3 is 0 Å². The Kier molecular flexibility index (Phi) is 5.19. The molecule has 1 aromatic carbocycles. The minimum Gasteiger partial charge on any atom is -0.368 e. The second-order valence-corrected chi connectivity index (χ2v) is 6.98. The van der Waals surface area contributed by atoms with Gasteiger partial charge in [-0.1, -0.05) is 17.7 Å². The van der Waals surface area contributed by atoms with Gasteiger partial charge in [0.25, 0.3) is 0 Å². The molecule has 2 heterocycles. The minimum absolute atomic E-state index is 0.0970. The third-order valence-electron chi connectivity index (χ3n) is 5.06. The van der Waals surface area contributed by atoms with Crippen LogP contribution in [0.4, 0.5) is 4.39 Å². The van der Waals surface area contributed by atoms with Crippen LogP contribution in [0.3, 0.4) is 0 Å². The average molecular weight is 340 g/mol. The highest BCUT2D eigenvalue weighted by molar-refractivity contribution is 6.30. The fourth-order valence-electron chi connectivity index (χ4n) is 3.83. The number of nitrogens with two attached hydrogens (primary N) is 1. The van der Waals surface area contributed by atoms with Crippen LogP contribution in [0.15, 0.2) is 18.2 Å². The van der Waals surface area contributed by atoms with Gasteiger partial charge in [-0.05, 0) is 57.5 Å². The highest BCUT2D eigenvalue weighted by Gasteiger charge is 2.35. The Labute approximate surface area is 141 Å². The number of nitrogens with zero attached hydrogens (tertiary/aromatic N) is 2. The molecule has 0 aromatic heterocycles. The molecule has 2 aliphatic rings. The molecule has 1 amide bonds. The molecule has 126 valence electrons. The topological polar surface area (TPSA) is 49.6 Å². The van der Waals surface area contributed by atoms with Gasteiger partial charge in [0.15, 0.2) is 0 Å². The SMILES string of the molecule is NC(=O)[C@H]1CCCN1C1CCN(Cc2ccc(Cl)cc2F)CC1. The van der Waals surface area contributed by atoms with Gasteiger partial charge in [0, 0.05) is 23.2 Å². The van der Waals surface area contributed by atoms with Crippen LogP contribution >= 0.6 is 11.6 Å². The summed E-state index contributed by atoms with van der Waals surface area (Å²) in [6, 6.07) is 5.18. The number of benzene rings is 1. The second-order valence-electron chi connectivity index (χ2n) is 6.54. The van der Waals surface area contributed by atoms with Gasteiger partial charge in [-0.3, -0.25) is 14.6 Å². The fraction of sp³-hybridized carbons (Fsp3) is 0.588. The van der Waals surface area contributed by atoms with Crippen molar-refractivity contribution in [2.75, 3.05) is 19.6 Å². The van der Waals surface area contributed by atoms with Crippen molar-refractivity contribution in [2.45, 2.75) is 44.3 Å². The molecule has 4 nitrogen and oxygen atoms in total. The van der Waals surface area contributed by atoms with Gasteiger partial charge in [-0.15, -0.1) is 0 Å². The maximum absolute atomic E-state index is 13.9. The normalized spacial score (nSPS) is 24.2. The summed E-state index contributed by atoms with van der Waals surface area (Å²) in [5.41, 5.74) is 6.19. The first-order valence-corrected chi connectivity index (χ1v) is 8.64. The van der Waals surface area contributed by atoms with Gasteiger partial charge in [0.05, 0.1) is 6.04 Å². The van der Waals surface area contributed by atoms with Crippen LogP contribution in [0.1, 0.15) is 31.2 Å². The van der Waals surface area contributed by atoms with E-state index < -0.39 is 0 Å². The second kappa shape index (κ2) is 7.16. The van der Waals surface area contributed by atoms with E-state index in [-0.39, 0.29) is 17.8 Å². The van der Waals surface area contributed by atoms with Gasteiger partial charge < -0.3 is 5.73 Å². The lowest BCUT2D eigenvalue weighted by Crippen LogP contribution is -2.50. The summed E-state index contributed by atoms with van der Waals surface area (Å²) in [6.45, 7) is 3.39. The quantitative estimate of drug-likeness (QED) is 0.916. The van der Waals surface area contributed by atoms with E-state index in [0.29, 0.717) is 23.2 Å². The third kappa shape index (κ3) is 3.84. The van der Waals surface area contributed by atoms with E-state index in [1.165, 1.54) is 6.07 Å². The maximum atomic E-state index is 13.9. The maximum Gasteiger partial charge on any atom is 0.234 e. The van der Waals surface area contributed by atoms with E-state index >= 15 is 0 Å². The molecule has 23 heavy (non-hydrogen) atoms. The van der Waals surface area contributed by atoms with E-state index in [1.54, 1.807) is 12.1 Å². The van der Waals surface area contributed by atoms with E-state index in [4.69, 9.17) is 17.3 Å². The summed E-state index contributed by atoms with van der Waals surface area (Å²) in [5, 5.41) is 0.427. The van der Waals surface area contributed by atoms with Gasteiger partial charge in [0.1, 0.15) is 5.82 Å². The van der Waals surface area contributed by atoms with Crippen LogP contribution in [0.5, 0.6) is 0 Å². The summed E-state index contributed by atoms with van der Waals surface area (Å²) in [6.07, 6.45) is 3.92. The fourth-order valence-corrected chi connectivity index (χ4v) is 3.99. The molecule has 2 aliphatic heterocycles. The Balaban J connectivity index is 1.55. The Morgan fingerprint density at radius 3 is 2.65 bits per heavy atom. The van der Waals surface area contributed by atoms with Crippen molar-refractivity contribution in [3.63, 3.8) is 0 Å². The first-order chi connectivity index (χ1) is 11.0. The standard InChI is InChI=1S/C17H23ClFN3O/c18-13-4-3-12(15(19)10-13)11-21-8-5-14(6-9-21)22-7-1-2-16(22)17(20)23/h3-4,10,14,16H,1-2,5-9,11H2,(H2,20,23)/t16-/m1/s1. The van der Waals surface area contributed by atoms with E-state index in [9.17, 15) is 9.18 Å². The number of halogens is 2. The monoisotopic (exact) mass is 339 g/mol. The van der Waals surface area contributed by atoms with Crippen LogP contribution in [-0.4, -0.2) is 47.4 Å². The number of carbonyl (C=O) groups excluding carboxylic acids is 1. The zero-order chi connectivity index (χ0) is 16.4. The van der Waals surface area contributed by atoms with Crippen molar-refractivity contribution < 1.29 is 9.18 Å². The molecule has 1 aromatic rings. The van der Waals surface area contributed by atoms with Crippen molar-refractivity contribution in [2.24, 2.45) is 5.73 Å². The summed E-state index contributed by atoms with van der Waals surface area (Å²) in [7, 11) is 0. The third-order valence-corrected chi connectivity index (χ3v) is 5.29. The van der Waals surface area contributed by atoms with Crippen molar-refractivity contribution in [1.82, 2.24) is 9.80 Å². The summed E-state index contributed by atoms with van der Waals surface area (Å²) in [5.74, 6) is -0.443. The van der Waals surface area contributed by atoms with E-state index in [0.717, 1.165) is 45.3 Å². The lowest BCUT2D eigenvalue weighted by atomic mass is 10.0. The van der Waals surface area contributed by atoms with Gasteiger partial charge in [-0.25, -0.2) is 4.39 Å². The van der Waals surface area contributed by atoms with Crippen LogP contribution in [0, 0.1) is 5.82 Å². The smallest absolute Gasteiger partial charge is 0.234 e. The Bertz CT molecular complexity index is 575. The molecule has 6 heteroatoms. The molecule has 1 atom stereocenters. The molecular formula is C17H23ClFN3O. The first-order valence-electron chi connectivity index (χ1n) is 8.26. The number of primary amides is 1. The molecule has 0 spiro atoms. The predicted octanol–water partition coefficient (Wildman–Crippen LogP) is 2.39. The van der Waals surface area contributed by atoms with Crippen molar-refractivity contribution in [3.8, 4) is 0 Å². The number of rotatable bonds is 4. The highest BCUT2D eigenvalue weighted by Crippen LogP contribution is 2.27. The van der Waals surface area contributed by atoms with E-state index in [2.05, 4.69) is 9.80 Å². The Hall–Kier alpha value is -1.17. The number of hydrogen-bond acceptors (Lipinski definition) is 3. The van der Waals surface area contributed by atoms with Crippen molar-refractivity contribution in [3.05, 3.63) is 34.6 Å². The lowest BCUT2D eigenvalue weighted by Gasteiger charge is -2.38. The Morgan fingerprint density at radius 1 is 1.26 bits per heavy atom. The summed E-state index contributed by atoms with van der Waals surface area (Å²) in [4.78, 5) is 16.1. The summed E-state index contributed by atoms with van der Waals surface area (Å²) < 4.78 is 13.9. The number of likely N-dealkylation sites (tertiary alicyclic amines) is 2. The van der Waals surface area contributed by atoms with E-state index in [1.807, 2.05) is 0 Å². The van der Waals surface area contributed by atoms with Crippen LogP contribution in [-0.2, 0) is 11.3 Å². The molecule has 3 rings (SSSR count). The van der Waals surface area contributed by atoms with Crippen LogP contribution in [0.25, 0.3) is 0 Å². The number of piperidine rings is 1. The van der Waals surface area contributed by atoms with Gasteiger partial charge in [-0.2, -0.15) is 0 Å². The first kappa shape index (κ1) is 16.7. The molecule has 2 fully saturated rings. The number of hydrogen-bond donors (Lipinski definition) is 1. The number of carbonyl (C=O) groups is 1. The zero-order valence-electron chi connectivity index (χ0n) is 13.2. The largest absolute Gasteiger partial charge is 0.368 e. The number of amides is 1. The molecule has 0 radical (unpaired) electrons. The lowest BCUT2D eigenvalue weighted by molar-refractivity contribution is -0.123. The Morgan fingerprint density at radius 2 is 2.00 bits per heavy atom. The van der Waals surface area contributed by atoms with Crippen molar-refractivity contribution >= 4 is 17.5 Å². The van der Waals surface area contributed by atoms with Gasteiger partial charge in [0.2, 0.25) is 5.91 Å². The predicted molar refractivity (Wildman–Crippen MR) is 88.6 cm³/mol. The summed E-state index contributed by atoms with van der Waals surface area (Å²) >= 11 is 5.79. The molecule has 2 saturated heterocycles. The molecule has 0 aliphatic carbocycles. The molecule has 0 unspecified atom stereocenters. The van der Waals surface area contributed by atoms with Crippen LogP contribution < -0.4 is 5.73 Å². The highest BCUT2D eigenvalue weighted by atomic mass is 35.5.